The minimum absolute atomic E-state index is 0.0867. The van der Waals surface area contributed by atoms with E-state index in [1.807, 2.05) is 24.3 Å². The number of esters is 1. The number of ether oxygens (including phenoxy) is 2. The van der Waals surface area contributed by atoms with Gasteiger partial charge < -0.3 is 14.8 Å². The van der Waals surface area contributed by atoms with Crippen molar-refractivity contribution in [2.75, 3.05) is 6.61 Å². The van der Waals surface area contributed by atoms with Crippen LogP contribution in [0.3, 0.4) is 0 Å². The van der Waals surface area contributed by atoms with E-state index in [9.17, 15) is 14.4 Å². The standard InChI is InChI=1S/C22H33NO5S/c1-7-27-20(25)15(2)12-19(23-21(26)28-22(4,5)6)13-17-8-10-18(11-9-17)14-29-16(3)24/h8-11,15,19H,7,12-14H2,1-6H3,(H,23,26)/t15-,19?/m0/s1. The second kappa shape index (κ2) is 11.9. The molecule has 1 amide bonds. The molecule has 6 nitrogen and oxygen atoms in total. The third-order valence-corrected chi connectivity index (χ3v) is 4.88. The van der Waals surface area contributed by atoms with Gasteiger partial charge in [-0.15, -0.1) is 0 Å². The van der Waals surface area contributed by atoms with Crippen molar-refractivity contribution in [2.24, 2.45) is 5.92 Å². The molecule has 1 aromatic carbocycles. The Labute approximate surface area is 178 Å². The van der Waals surface area contributed by atoms with Gasteiger partial charge in [0.25, 0.3) is 0 Å². The van der Waals surface area contributed by atoms with E-state index in [0.717, 1.165) is 11.1 Å². The summed E-state index contributed by atoms with van der Waals surface area (Å²) in [6, 6.07) is 7.64. The Hall–Kier alpha value is -2.02. The molecule has 0 saturated heterocycles. The highest BCUT2D eigenvalue weighted by Gasteiger charge is 2.24. The van der Waals surface area contributed by atoms with Gasteiger partial charge in [-0.1, -0.05) is 43.0 Å². The number of hydrogen-bond acceptors (Lipinski definition) is 6. The first-order chi connectivity index (χ1) is 13.5. The molecule has 0 aliphatic rings. The van der Waals surface area contributed by atoms with Crippen LogP contribution >= 0.6 is 11.8 Å². The van der Waals surface area contributed by atoms with E-state index in [4.69, 9.17) is 9.47 Å². The molecule has 0 aromatic heterocycles. The lowest BCUT2D eigenvalue weighted by molar-refractivity contribution is -0.147. The van der Waals surface area contributed by atoms with Gasteiger partial charge in [-0.2, -0.15) is 0 Å². The number of alkyl carbamates (subject to hydrolysis) is 1. The van der Waals surface area contributed by atoms with Gasteiger partial charge in [0.2, 0.25) is 0 Å². The van der Waals surface area contributed by atoms with Crippen LogP contribution in [0.5, 0.6) is 0 Å². The molecule has 2 atom stereocenters. The number of carbonyl (C=O) groups excluding carboxylic acids is 3. The Kier molecular flexibility index (Phi) is 10.2. The summed E-state index contributed by atoms with van der Waals surface area (Å²) in [6.45, 7) is 10.9. The van der Waals surface area contributed by atoms with E-state index < -0.39 is 11.7 Å². The molecule has 7 heteroatoms. The lowest BCUT2D eigenvalue weighted by Crippen LogP contribution is -2.41. The number of thioether (sulfide) groups is 1. The van der Waals surface area contributed by atoms with Crippen molar-refractivity contribution in [3.05, 3.63) is 35.4 Å². The zero-order chi connectivity index (χ0) is 22.0. The average Bonchev–Trinajstić information content (AvgIpc) is 2.59. The van der Waals surface area contributed by atoms with Crippen molar-refractivity contribution >= 4 is 28.9 Å². The first-order valence-electron chi connectivity index (χ1n) is 9.87. The van der Waals surface area contributed by atoms with Gasteiger partial charge in [-0.25, -0.2) is 4.79 Å². The maximum absolute atomic E-state index is 12.3. The van der Waals surface area contributed by atoms with E-state index in [2.05, 4.69) is 5.32 Å². The van der Waals surface area contributed by atoms with Crippen LogP contribution in [-0.4, -0.2) is 35.4 Å². The average molecular weight is 424 g/mol. The monoisotopic (exact) mass is 423 g/mol. The van der Waals surface area contributed by atoms with Gasteiger partial charge >= 0.3 is 12.1 Å². The van der Waals surface area contributed by atoms with Crippen LogP contribution in [0, 0.1) is 5.92 Å². The molecule has 1 aromatic rings. The van der Waals surface area contributed by atoms with Crippen molar-refractivity contribution < 1.29 is 23.9 Å². The Bertz CT molecular complexity index is 681. The number of nitrogens with one attached hydrogen (secondary N) is 1. The lowest BCUT2D eigenvalue weighted by atomic mass is 9.96. The summed E-state index contributed by atoms with van der Waals surface area (Å²) in [5.74, 6) is 0.0102. The molecule has 162 valence electrons. The maximum Gasteiger partial charge on any atom is 0.407 e. The van der Waals surface area contributed by atoms with Crippen LogP contribution in [0.1, 0.15) is 59.1 Å². The minimum Gasteiger partial charge on any atom is -0.466 e. The fourth-order valence-corrected chi connectivity index (χ4v) is 3.28. The fourth-order valence-electron chi connectivity index (χ4n) is 2.72. The Morgan fingerprint density at radius 1 is 1.10 bits per heavy atom. The zero-order valence-electron chi connectivity index (χ0n) is 18.2. The van der Waals surface area contributed by atoms with Crippen molar-refractivity contribution in [1.82, 2.24) is 5.32 Å². The van der Waals surface area contributed by atoms with Crippen molar-refractivity contribution in [2.45, 2.75) is 71.8 Å². The first-order valence-corrected chi connectivity index (χ1v) is 10.9. The van der Waals surface area contributed by atoms with Gasteiger partial charge in [0.1, 0.15) is 5.60 Å². The second-order valence-electron chi connectivity index (χ2n) is 8.03. The Morgan fingerprint density at radius 2 is 1.69 bits per heavy atom. The van der Waals surface area contributed by atoms with Crippen LogP contribution in [0.4, 0.5) is 4.79 Å². The molecule has 0 fully saturated rings. The van der Waals surface area contributed by atoms with Gasteiger partial charge in [0.15, 0.2) is 5.12 Å². The van der Waals surface area contributed by atoms with E-state index in [0.29, 0.717) is 25.2 Å². The lowest BCUT2D eigenvalue weighted by Gasteiger charge is -2.25. The van der Waals surface area contributed by atoms with Gasteiger partial charge in [0, 0.05) is 18.7 Å². The molecule has 1 N–H and O–H groups in total. The first kappa shape index (κ1) is 25.0. The normalized spacial score (nSPS) is 13.3. The van der Waals surface area contributed by atoms with E-state index in [-0.39, 0.29) is 23.0 Å². The largest absolute Gasteiger partial charge is 0.466 e. The SMILES string of the molecule is CCOC(=O)[C@@H](C)CC(Cc1ccc(CSC(C)=O)cc1)NC(=O)OC(C)(C)C. The van der Waals surface area contributed by atoms with Crippen LogP contribution in [0.15, 0.2) is 24.3 Å². The van der Waals surface area contributed by atoms with E-state index in [1.54, 1.807) is 41.5 Å². The summed E-state index contributed by atoms with van der Waals surface area (Å²) in [4.78, 5) is 35.4. The van der Waals surface area contributed by atoms with E-state index in [1.165, 1.54) is 11.8 Å². The highest BCUT2D eigenvalue weighted by Crippen LogP contribution is 2.17. The molecule has 0 heterocycles. The third kappa shape index (κ3) is 10.9. The molecule has 0 saturated carbocycles. The van der Waals surface area contributed by atoms with Gasteiger partial charge in [0.05, 0.1) is 12.5 Å². The topological polar surface area (TPSA) is 81.7 Å². The number of carbonyl (C=O) groups is 3. The number of amides is 1. The molecule has 29 heavy (non-hydrogen) atoms. The van der Waals surface area contributed by atoms with Gasteiger partial charge in [-0.3, -0.25) is 9.59 Å². The van der Waals surface area contributed by atoms with Crippen LogP contribution in [-0.2, 0) is 31.2 Å². The van der Waals surface area contributed by atoms with E-state index >= 15 is 0 Å². The summed E-state index contributed by atoms with van der Waals surface area (Å²) in [6.07, 6.45) is 0.497. The highest BCUT2D eigenvalue weighted by atomic mass is 32.2. The molecule has 0 spiro atoms. The van der Waals surface area contributed by atoms with Crippen molar-refractivity contribution in [3.8, 4) is 0 Å². The molecule has 0 radical (unpaired) electrons. The zero-order valence-corrected chi connectivity index (χ0v) is 19.1. The Balaban J connectivity index is 2.82. The molecule has 0 aliphatic carbocycles. The quantitative estimate of drug-likeness (QED) is 0.589. The summed E-state index contributed by atoms with van der Waals surface area (Å²) in [5, 5.41) is 2.97. The van der Waals surface area contributed by atoms with Crippen LogP contribution in [0.25, 0.3) is 0 Å². The van der Waals surface area contributed by atoms with Gasteiger partial charge in [-0.05, 0) is 51.7 Å². The molecular weight excluding hydrogens is 390 g/mol. The molecule has 1 unspecified atom stereocenters. The molecular formula is C22H33NO5S. The molecule has 0 bridgehead atoms. The van der Waals surface area contributed by atoms with Crippen LogP contribution < -0.4 is 5.32 Å². The second-order valence-corrected chi connectivity index (χ2v) is 9.19. The predicted molar refractivity (Wildman–Crippen MR) is 116 cm³/mol. The maximum atomic E-state index is 12.3. The number of benzene rings is 1. The summed E-state index contributed by atoms with van der Waals surface area (Å²) in [7, 11) is 0. The number of rotatable bonds is 9. The molecule has 0 aliphatic heterocycles. The van der Waals surface area contributed by atoms with Crippen molar-refractivity contribution in [3.63, 3.8) is 0 Å². The smallest absolute Gasteiger partial charge is 0.407 e. The highest BCUT2D eigenvalue weighted by molar-refractivity contribution is 8.12. The Morgan fingerprint density at radius 3 is 2.21 bits per heavy atom. The summed E-state index contributed by atoms with van der Waals surface area (Å²) in [5.41, 5.74) is 1.49. The minimum atomic E-state index is -0.600. The summed E-state index contributed by atoms with van der Waals surface area (Å²) < 4.78 is 10.5. The van der Waals surface area contributed by atoms with Crippen LogP contribution in [0.2, 0.25) is 0 Å². The van der Waals surface area contributed by atoms with Crippen molar-refractivity contribution in [1.29, 1.82) is 0 Å². The summed E-state index contributed by atoms with van der Waals surface area (Å²) >= 11 is 1.27. The predicted octanol–water partition coefficient (Wildman–Crippen LogP) is 4.49. The number of hydrogen-bond donors (Lipinski definition) is 1. The third-order valence-electron chi connectivity index (χ3n) is 4.00. The fraction of sp³-hybridized carbons (Fsp3) is 0.591. The molecule has 1 rings (SSSR count).